The third kappa shape index (κ3) is 7.22. The molecule has 0 bridgehead atoms. The highest BCUT2D eigenvalue weighted by atomic mass is 19.1. The lowest BCUT2D eigenvalue weighted by molar-refractivity contribution is -0.142. The van der Waals surface area contributed by atoms with E-state index in [0.717, 1.165) is 95.2 Å². The molecule has 43 heavy (non-hydrogen) atoms. The molecule has 1 saturated heterocycles. The summed E-state index contributed by atoms with van der Waals surface area (Å²) in [7, 11) is 0. The van der Waals surface area contributed by atoms with Crippen molar-refractivity contribution < 1.29 is 14.3 Å². The number of likely N-dealkylation sites (tertiary alicyclic amines) is 1. The lowest BCUT2D eigenvalue weighted by Crippen LogP contribution is -2.37. The van der Waals surface area contributed by atoms with Gasteiger partial charge in [0.05, 0.1) is 11.6 Å². The summed E-state index contributed by atoms with van der Waals surface area (Å²) in [4.78, 5) is 14.3. The van der Waals surface area contributed by atoms with Crippen LogP contribution in [0.15, 0.2) is 60.7 Å². The minimum Gasteiger partial charge on any atom is -0.481 e. The van der Waals surface area contributed by atoms with E-state index >= 15 is 0 Å². The van der Waals surface area contributed by atoms with Crippen LogP contribution in [0.25, 0.3) is 0 Å². The van der Waals surface area contributed by atoms with E-state index in [4.69, 9.17) is 5.10 Å². The number of rotatable bonds is 9. The number of hydrogen-bond donors (Lipinski definition) is 1. The lowest BCUT2D eigenvalue weighted by Gasteiger charge is -2.35. The topological polar surface area (TPSA) is 58.4 Å². The van der Waals surface area contributed by atoms with E-state index in [1.807, 2.05) is 6.07 Å². The molecule has 5 atom stereocenters. The van der Waals surface area contributed by atoms with Crippen LogP contribution in [-0.2, 0) is 17.8 Å². The zero-order valence-corrected chi connectivity index (χ0v) is 25.7. The highest BCUT2D eigenvalue weighted by Gasteiger charge is 2.41. The van der Waals surface area contributed by atoms with Crippen LogP contribution in [0.1, 0.15) is 99.1 Å². The van der Waals surface area contributed by atoms with Gasteiger partial charge in [-0.05, 0) is 118 Å². The van der Waals surface area contributed by atoms with Gasteiger partial charge in [0, 0.05) is 31.1 Å². The molecule has 2 heterocycles. The first-order valence-electron chi connectivity index (χ1n) is 16.8. The quantitative estimate of drug-likeness (QED) is 0.259. The van der Waals surface area contributed by atoms with Gasteiger partial charge in [0.2, 0.25) is 0 Å². The summed E-state index contributed by atoms with van der Waals surface area (Å²) in [5, 5.41) is 14.6. The molecule has 6 rings (SSSR count). The van der Waals surface area contributed by atoms with E-state index in [1.54, 1.807) is 12.1 Å². The van der Waals surface area contributed by atoms with Crippen LogP contribution in [0.5, 0.6) is 0 Å². The van der Waals surface area contributed by atoms with Crippen molar-refractivity contribution in [1.82, 2.24) is 14.7 Å². The van der Waals surface area contributed by atoms with Gasteiger partial charge >= 0.3 is 5.97 Å². The average Bonchev–Trinajstić information content (AvgIpc) is 3.53. The van der Waals surface area contributed by atoms with E-state index in [1.165, 1.54) is 17.7 Å². The number of piperidine rings is 1. The average molecular weight is 586 g/mol. The number of nitrogens with zero attached hydrogens (tertiary/aromatic N) is 3. The minimum absolute atomic E-state index is 0.140. The summed E-state index contributed by atoms with van der Waals surface area (Å²) in [6.45, 7) is 6.35. The molecule has 1 aliphatic heterocycles. The Bertz CT molecular complexity index is 1350. The molecule has 0 spiro atoms. The highest BCUT2D eigenvalue weighted by molar-refractivity contribution is 5.69. The number of carbonyl (C=O) groups is 1. The molecular weight excluding hydrogens is 537 g/mol. The number of aliphatic carboxylic acids is 1. The Balaban J connectivity index is 1.10. The fourth-order valence-electron chi connectivity index (χ4n) is 8.65. The highest BCUT2D eigenvalue weighted by Crippen LogP contribution is 2.49. The number of halogens is 1. The molecule has 230 valence electrons. The van der Waals surface area contributed by atoms with E-state index < -0.39 is 5.97 Å². The number of carboxylic acid groups (broad SMARTS) is 1. The summed E-state index contributed by atoms with van der Waals surface area (Å²) in [5.41, 5.74) is 5.00. The summed E-state index contributed by atoms with van der Waals surface area (Å²) in [6.07, 6.45) is 10.3. The van der Waals surface area contributed by atoms with Crippen LogP contribution < -0.4 is 0 Å². The van der Waals surface area contributed by atoms with Gasteiger partial charge in [-0.1, -0.05) is 55.3 Å². The fourth-order valence-corrected chi connectivity index (χ4v) is 8.65. The second-order valence-corrected chi connectivity index (χ2v) is 13.6. The maximum Gasteiger partial charge on any atom is 0.306 e. The molecule has 3 unspecified atom stereocenters. The number of carboxylic acids is 1. The van der Waals surface area contributed by atoms with Gasteiger partial charge in [0.1, 0.15) is 5.82 Å². The van der Waals surface area contributed by atoms with E-state index in [0.29, 0.717) is 29.6 Å². The second-order valence-electron chi connectivity index (χ2n) is 13.6. The Hall–Kier alpha value is -2.99. The smallest absolute Gasteiger partial charge is 0.306 e. The number of hydrogen-bond acceptors (Lipinski definition) is 3. The zero-order chi connectivity index (χ0) is 29.8. The molecule has 2 aliphatic carbocycles. The number of aryl methyl sites for hydroxylation is 1. The first-order valence-corrected chi connectivity index (χ1v) is 16.8. The predicted octanol–water partition coefficient (Wildman–Crippen LogP) is 7.90. The van der Waals surface area contributed by atoms with Crippen LogP contribution in [0.4, 0.5) is 4.39 Å². The Morgan fingerprint density at radius 3 is 2.49 bits per heavy atom. The van der Waals surface area contributed by atoms with Crippen LogP contribution in [0.3, 0.4) is 0 Å². The van der Waals surface area contributed by atoms with Crippen molar-refractivity contribution in [2.45, 2.75) is 89.5 Å². The van der Waals surface area contributed by atoms with Crippen molar-refractivity contribution in [1.29, 1.82) is 0 Å². The van der Waals surface area contributed by atoms with Gasteiger partial charge in [-0.15, -0.1) is 0 Å². The van der Waals surface area contributed by atoms with E-state index in [-0.39, 0.29) is 11.7 Å². The van der Waals surface area contributed by atoms with Crippen molar-refractivity contribution in [2.24, 2.45) is 23.7 Å². The first kappa shape index (κ1) is 30.1. The third-order valence-electron chi connectivity index (χ3n) is 10.9. The normalized spacial score (nSPS) is 27.3. The summed E-state index contributed by atoms with van der Waals surface area (Å²) in [5.74, 6) is 1.68. The minimum atomic E-state index is -0.625. The van der Waals surface area contributed by atoms with Crippen LogP contribution in [-0.4, -0.2) is 45.4 Å². The van der Waals surface area contributed by atoms with Gasteiger partial charge in [-0.3, -0.25) is 9.48 Å². The fraction of sp³-hybridized carbons (Fsp3) is 0.568. The molecule has 0 amide bonds. The molecular formula is C37H48FN3O2. The first-order chi connectivity index (χ1) is 21.0. The van der Waals surface area contributed by atoms with Crippen LogP contribution in [0.2, 0.25) is 0 Å². The van der Waals surface area contributed by atoms with Crippen molar-refractivity contribution in [3.63, 3.8) is 0 Å². The summed E-state index contributed by atoms with van der Waals surface area (Å²) < 4.78 is 16.6. The molecule has 5 nitrogen and oxygen atoms in total. The Morgan fingerprint density at radius 1 is 0.930 bits per heavy atom. The molecule has 2 saturated carbocycles. The number of aromatic nitrogens is 2. The van der Waals surface area contributed by atoms with Crippen molar-refractivity contribution >= 4 is 5.97 Å². The van der Waals surface area contributed by atoms with Gasteiger partial charge in [0.25, 0.3) is 0 Å². The van der Waals surface area contributed by atoms with Crippen LogP contribution in [0, 0.1) is 29.5 Å². The standard InChI is InChI=1S/C37H48FN3O2/c1-2-41-36(24-34(39-41)20-26-8-4-3-5-9-26)28-16-18-40(19-17-28)25-32-21-31(23-35(32)30-12-7-13-33(38)22-30)27-10-6-11-29(15-14-27)37(42)43/h3-5,7-9,12-13,22,24,27-29,31-32,35H,2,6,10-11,14-21,23,25H2,1H3,(H,42,43)/t27?,29?,31?,32-,35-/m1/s1. The van der Waals surface area contributed by atoms with Gasteiger partial charge < -0.3 is 10.0 Å². The summed E-state index contributed by atoms with van der Waals surface area (Å²) in [6, 6.07) is 20.3. The Labute approximate surface area is 256 Å². The maximum absolute atomic E-state index is 14.3. The number of benzene rings is 2. The van der Waals surface area contributed by atoms with Gasteiger partial charge in [-0.2, -0.15) is 5.10 Å². The van der Waals surface area contributed by atoms with Crippen LogP contribution >= 0.6 is 0 Å². The third-order valence-corrected chi connectivity index (χ3v) is 10.9. The monoisotopic (exact) mass is 585 g/mol. The largest absolute Gasteiger partial charge is 0.481 e. The molecule has 3 fully saturated rings. The second kappa shape index (κ2) is 13.8. The molecule has 1 aromatic heterocycles. The molecule has 0 radical (unpaired) electrons. The van der Waals surface area contributed by atoms with Crippen molar-refractivity contribution in [3.8, 4) is 0 Å². The van der Waals surface area contributed by atoms with E-state index in [9.17, 15) is 14.3 Å². The molecule has 3 aliphatic rings. The Kier molecular flexibility index (Phi) is 9.61. The summed E-state index contributed by atoms with van der Waals surface area (Å²) >= 11 is 0. The lowest BCUT2D eigenvalue weighted by atomic mass is 9.83. The zero-order valence-electron chi connectivity index (χ0n) is 25.7. The van der Waals surface area contributed by atoms with Gasteiger partial charge in [0.15, 0.2) is 0 Å². The van der Waals surface area contributed by atoms with Crippen molar-refractivity contribution in [3.05, 3.63) is 89.0 Å². The SMILES string of the molecule is CCn1nc(Cc2ccccc2)cc1C1CCN(C[C@H]2CC(C3CCCC(C(=O)O)CC3)C[C@@H]2c2cccc(F)c2)CC1. The molecule has 1 N–H and O–H groups in total. The predicted molar refractivity (Wildman–Crippen MR) is 169 cm³/mol. The molecule has 2 aromatic carbocycles. The maximum atomic E-state index is 14.3. The van der Waals surface area contributed by atoms with E-state index in [2.05, 4.69) is 59.0 Å². The van der Waals surface area contributed by atoms with Gasteiger partial charge in [-0.25, -0.2) is 4.39 Å². The molecule has 3 aromatic rings. The van der Waals surface area contributed by atoms with Crippen molar-refractivity contribution in [2.75, 3.05) is 19.6 Å². The molecule has 6 heteroatoms. The Morgan fingerprint density at radius 2 is 1.74 bits per heavy atom.